The van der Waals surface area contributed by atoms with Crippen molar-refractivity contribution in [2.45, 2.75) is 26.8 Å². The van der Waals surface area contributed by atoms with Gasteiger partial charge in [0, 0.05) is 17.8 Å². The normalized spacial score (nSPS) is 12.5. The molecule has 0 saturated carbocycles. The van der Waals surface area contributed by atoms with E-state index in [9.17, 15) is 15.2 Å². The molecular weight excluding hydrogens is 220 g/mol. The topological polar surface area (TPSA) is 75.4 Å². The van der Waals surface area contributed by atoms with E-state index in [0.29, 0.717) is 0 Å². The van der Waals surface area contributed by atoms with Gasteiger partial charge in [0.05, 0.1) is 17.6 Å². The number of rotatable bonds is 5. The fourth-order valence-corrected chi connectivity index (χ4v) is 1.55. The average Bonchev–Trinajstić information content (AvgIpc) is 2.26. The van der Waals surface area contributed by atoms with Crippen LogP contribution in [-0.4, -0.2) is 22.7 Å². The maximum atomic E-state index is 10.6. The van der Waals surface area contributed by atoms with Crippen LogP contribution in [0.15, 0.2) is 18.2 Å². The Morgan fingerprint density at radius 2 is 2.12 bits per heavy atom. The molecular formula is C12H18N2O3. The van der Waals surface area contributed by atoms with Crippen LogP contribution in [0, 0.1) is 23.0 Å². The van der Waals surface area contributed by atoms with Gasteiger partial charge in [0.15, 0.2) is 0 Å². The number of nitrogens with one attached hydrogen (secondary N) is 1. The Hall–Kier alpha value is -1.62. The maximum Gasteiger partial charge on any atom is 0.269 e. The molecule has 0 saturated heterocycles. The van der Waals surface area contributed by atoms with Crippen LogP contribution < -0.4 is 5.32 Å². The van der Waals surface area contributed by atoms with Gasteiger partial charge in [-0.05, 0) is 24.5 Å². The lowest BCUT2D eigenvalue weighted by Gasteiger charge is -2.22. The highest BCUT2D eigenvalue weighted by Crippen LogP contribution is 2.22. The number of anilines is 1. The van der Waals surface area contributed by atoms with E-state index in [-0.39, 0.29) is 24.3 Å². The molecule has 0 radical (unpaired) electrons. The molecule has 0 unspecified atom stereocenters. The molecule has 94 valence electrons. The van der Waals surface area contributed by atoms with Crippen molar-refractivity contribution in [3.8, 4) is 0 Å². The third-order valence-electron chi connectivity index (χ3n) is 2.76. The van der Waals surface area contributed by atoms with Gasteiger partial charge in [0.2, 0.25) is 0 Å². The molecule has 1 aromatic carbocycles. The summed E-state index contributed by atoms with van der Waals surface area (Å²) in [7, 11) is 0. The Kier molecular flexibility index (Phi) is 4.45. The van der Waals surface area contributed by atoms with Gasteiger partial charge in [-0.2, -0.15) is 0 Å². The largest absolute Gasteiger partial charge is 0.394 e. The number of aliphatic hydroxyl groups excluding tert-OH is 1. The molecule has 0 bridgehead atoms. The number of non-ortho nitro benzene ring substituents is 1. The van der Waals surface area contributed by atoms with Gasteiger partial charge in [-0.25, -0.2) is 0 Å². The Labute approximate surface area is 101 Å². The zero-order valence-corrected chi connectivity index (χ0v) is 10.3. The number of benzene rings is 1. The third kappa shape index (κ3) is 3.42. The first-order chi connectivity index (χ1) is 7.95. The number of nitrogens with zero attached hydrogens (tertiary/aromatic N) is 1. The lowest BCUT2D eigenvalue weighted by Crippen LogP contribution is -2.29. The van der Waals surface area contributed by atoms with Gasteiger partial charge in [0.1, 0.15) is 0 Å². The minimum absolute atomic E-state index is 0.0358. The first-order valence-electron chi connectivity index (χ1n) is 5.58. The second kappa shape index (κ2) is 5.63. The van der Waals surface area contributed by atoms with Crippen LogP contribution in [0.4, 0.5) is 11.4 Å². The molecule has 0 aliphatic carbocycles. The van der Waals surface area contributed by atoms with Crippen LogP contribution >= 0.6 is 0 Å². The summed E-state index contributed by atoms with van der Waals surface area (Å²) in [6, 6.07) is 4.62. The summed E-state index contributed by atoms with van der Waals surface area (Å²) < 4.78 is 0. The van der Waals surface area contributed by atoms with Crippen molar-refractivity contribution >= 4 is 11.4 Å². The van der Waals surface area contributed by atoms with Crippen molar-refractivity contribution in [2.24, 2.45) is 5.92 Å². The standard InChI is InChI=1S/C12H18N2O3/c1-8(2)12(7-15)13-11-5-4-10(14(16)17)6-9(11)3/h4-6,8,12-13,15H,7H2,1-3H3/t12-/m1/s1. The number of nitro benzene ring substituents is 1. The molecule has 0 aliphatic heterocycles. The quantitative estimate of drug-likeness (QED) is 0.609. The Balaban J connectivity index is 2.89. The molecule has 1 atom stereocenters. The minimum Gasteiger partial charge on any atom is -0.394 e. The van der Waals surface area contributed by atoms with E-state index in [4.69, 9.17) is 0 Å². The molecule has 5 nitrogen and oxygen atoms in total. The second-order valence-electron chi connectivity index (χ2n) is 4.43. The van der Waals surface area contributed by atoms with E-state index >= 15 is 0 Å². The van der Waals surface area contributed by atoms with Crippen LogP contribution in [-0.2, 0) is 0 Å². The zero-order valence-electron chi connectivity index (χ0n) is 10.3. The van der Waals surface area contributed by atoms with Gasteiger partial charge >= 0.3 is 0 Å². The van der Waals surface area contributed by atoms with Gasteiger partial charge in [-0.3, -0.25) is 10.1 Å². The lowest BCUT2D eigenvalue weighted by molar-refractivity contribution is -0.384. The van der Waals surface area contributed by atoms with E-state index < -0.39 is 4.92 Å². The van der Waals surface area contributed by atoms with Crippen molar-refractivity contribution in [3.63, 3.8) is 0 Å². The van der Waals surface area contributed by atoms with Crippen molar-refractivity contribution in [1.82, 2.24) is 0 Å². The van der Waals surface area contributed by atoms with Gasteiger partial charge in [-0.15, -0.1) is 0 Å². The van der Waals surface area contributed by atoms with E-state index in [1.165, 1.54) is 12.1 Å². The van der Waals surface area contributed by atoms with Crippen LogP contribution in [0.3, 0.4) is 0 Å². The number of aryl methyl sites for hydroxylation is 1. The van der Waals surface area contributed by atoms with Crippen molar-refractivity contribution in [3.05, 3.63) is 33.9 Å². The summed E-state index contributed by atoms with van der Waals surface area (Å²) in [5.74, 6) is 0.287. The molecule has 0 amide bonds. The first-order valence-corrected chi connectivity index (χ1v) is 5.58. The average molecular weight is 238 g/mol. The van der Waals surface area contributed by atoms with Crippen LogP contribution in [0.1, 0.15) is 19.4 Å². The molecule has 5 heteroatoms. The predicted octanol–water partition coefficient (Wildman–Crippen LogP) is 2.33. The van der Waals surface area contributed by atoms with Crippen molar-refractivity contribution in [2.75, 3.05) is 11.9 Å². The molecule has 1 aromatic rings. The number of hydrogen-bond acceptors (Lipinski definition) is 4. The molecule has 0 aromatic heterocycles. The summed E-state index contributed by atoms with van der Waals surface area (Å²) in [6.07, 6.45) is 0. The van der Waals surface area contributed by atoms with Gasteiger partial charge in [0.25, 0.3) is 5.69 Å². The van der Waals surface area contributed by atoms with Crippen LogP contribution in [0.5, 0.6) is 0 Å². The van der Waals surface area contributed by atoms with Crippen LogP contribution in [0.25, 0.3) is 0 Å². The van der Waals surface area contributed by atoms with Crippen LogP contribution in [0.2, 0.25) is 0 Å². The fourth-order valence-electron chi connectivity index (χ4n) is 1.55. The van der Waals surface area contributed by atoms with Gasteiger partial charge in [-0.1, -0.05) is 13.8 Å². The summed E-state index contributed by atoms with van der Waals surface area (Å²) in [5.41, 5.74) is 1.71. The summed E-state index contributed by atoms with van der Waals surface area (Å²) >= 11 is 0. The molecule has 17 heavy (non-hydrogen) atoms. The highest BCUT2D eigenvalue weighted by molar-refractivity contribution is 5.55. The summed E-state index contributed by atoms with van der Waals surface area (Å²) in [5, 5.41) is 23.0. The second-order valence-corrected chi connectivity index (χ2v) is 4.43. The smallest absolute Gasteiger partial charge is 0.269 e. The molecule has 0 fully saturated rings. The zero-order chi connectivity index (χ0) is 13.0. The summed E-state index contributed by atoms with van der Waals surface area (Å²) in [4.78, 5) is 10.2. The Morgan fingerprint density at radius 1 is 1.47 bits per heavy atom. The summed E-state index contributed by atoms with van der Waals surface area (Å²) in [6.45, 7) is 5.86. The van der Waals surface area contributed by atoms with Crippen molar-refractivity contribution < 1.29 is 10.0 Å². The SMILES string of the molecule is Cc1cc([N+](=O)[O-])ccc1N[C@H](CO)C(C)C. The highest BCUT2D eigenvalue weighted by atomic mass is 16.6. The third-order valence-corrected chi connectivity index (χ3v) is 2.76. The lowest BCUT2D eigenvalue weighted by atomic mass is 10.0. The predicted molar refractivity (Wildman–Crippen MR) is 67.2 cm³/mol. The van der Waals surface area contributed by atoms with Gasteiger partial charge < -0.3 is 10.4 Å². The number of aliphatic hydroxyl groups is 1. The van der Waals surface area contributed by atoms with E-state index in [0.717, 1.165) is 11.3 Å². The molecule has 1 rings (SSSR count). The Morgan fingerprint density at radius 3 is 2.53 bits per heavy atom. The van der Waals surface area contributed by atoms with E-state index in [2.05, 4.69) is 5.32 Å². The fraction of sp³-hybridized carbons (Fsp3) is 0.500. The monoisotopic (exact) mass is 238 g/mol. The number of nitro groups is 1. The van der Waals surface area contributed by atoms with E-state index in [1.807, 2.05) is 20.8 Å². The highest BCUT2D eigenvalue weighted by Gasteiger charge is 2.14. The molecule has 2 N–H and O–H groups in total. The van der Waals surface area contributed by atoms with Crippen molar-refractivity contribution in [1.29, 1.82) is 0 Å². The Bertz CT molecular complexity index is 405. The molecule has 0 aliphatic rings. The first kappa shape index (κ1) is 13.4. The molecule has 0 spiro atoms. The minimum atomic E-state index is -0.414. The number of hydrogen-bond donors (Lipinski definition) is 2. The molecule has 0 heterocycles. The maximum absolute atomic E-state index is 10.6. The van der Waals surface area contributed by atoms with E-state index in [1.54, 1.807) is 6.07 Å².